The third-order valence-electron chi connectivity index (χ3n) is 3.26. The average molecular weight is 329 g/mol. The summed E-state index contributed by atoms with van der Waals surface area (Å²) in [6.45, 7) is 10.3. The molecule has 0 aliphatic rings. The Labute approximate surface area is 125 Å². The molecule has 2 N–H and O–H groups in total. The number of nitrogens with one attached hydrogen (secondary N) is 1. The van der Waals surface area contributed by atoms with Gasteiger partial charge in [-0.3, -0.25) is 0 Å². The van der Waals surface area contributed by atoms with Gasteiger partial charge in [0.2, 0.25) is 0 Å². The second kappa shape index (κ2) is 7.88. The van der Waals surface area contributed by atoms with Crippen molar-refractivity contribution >= 4 is 21.6 Å². The average Bonchev–Trinajstić information content (AvgIpc) is 2.36. The molecule has 0 radical (unpaired) electrons. The van der Waals surface area contributed by atoms with Gasteiger partial charge in [0.25, 0.3) is 0 Å². The summed E-state index contributed by atoms with van der Waals surface area (Å²) in [6.07, 6.45) is 0. The van der Waals surface area contributed by atoms with Crippen molar-refractivity contribution in [2.75, 3.05) is 24.6 Å². The molecule has 0 saturated heterocycles. The highest BCUT2D eigenvalue weighted by Crippen LogP contribution is 2.30. The molecule has 0 bridgehead atoms. The molecule has 1 atom stereocenters. The van der Waals surface area contributed by atoms with Gasteiger partial charge in [-0.05, 0) is 60.9 Å². The van der Waals surface area contributed by atoms with Gasteiger partial charge in [0.15, 0.2) is 0 Å². The van der Waals surface area contributed by atoms with E-state index in [1.54, 1.807) is 0 Å². The van der Waals surface area contributed by atoms with Crippen molar-refractivity contribution in [2.24, 2.45) is 0 Å². The van der Waals surface area contributed by atoms with E-state index in [-0.39, 0.29) is 6.61 Å². The molecule has 0 aromatic heterocycles. The standard InChI is InChI=1S/C15H25BrN2O/c1-5-17-12(4)13-6-7-15(14(16)10-13)18(8-9-19)11(2)3/h6-7,10-12,17,19H,5,8-9H2,1-4H3. The summed E-state index contributed by atoms with van der Waals surface area (Å²) in [5, 5.41) is 12.6. The van der Waals surface area contributed by atoms with Gasteiger partial charge in [-0.15, -0.1) is 0 Å². The van der Waals surface area contributed by atoms with Gasteiger partial charge in [-0.2, -0.15) is 0 Å². The highest BCUT2D eigenvalue weighted by Gasteiger charge is 2.14. The van der Waals surface area contributed by atoms with Gasteiger partial charge in [-0.25, -0.2) is 0 Å². The van der Waals surface area contributed by atoms with Crippen LogP contribution in [-0.4, -0.2) is 30.8 Å². The van der Waals surface area contributed by atoms with Crippen molar-refractivity contribution in [1.82, 2.24) is 5.32 Å². The van der Waals surface area contributed by atoms with Gasteiger partial charge in [-0.1, -0.05) is 13.0 Å². The zero-order valence-corrected chi connectivity index (χ0v) is 13.9. The van der Waals surface area contributed by atoms with Crippen LogP contribution in [0.4, 0.5) is 5.69 Å². The lowest BCUT2D eigenvalue weighted by Crippen LogP contribution is -2.33. The Morgan fingerprint density at radius 3 is 2.47 bits per heavy atom. The minimum absolute atomic E-state index is 0.167. The molecule has 0 aliphatic heterocycles. The van der Waals surface area contributed by atoms with Crippen LogP contribution in [0.2, 0.25) is 0 Å². The van der Waals surface area contributed by atoms with Gasteiger partial charge in [0, 0.05) is 23.1 Å². The Kier molecular flexibility index (Phi) is 6.83. The lowest BCUT2D eigenvalue weighted by Gasteiger charge is -2.29. The van der Waals surface area contributed by atoms with Crippen molar-refractivity contribution in [1.29, 1.82) is 0 Å². The Bertz CT molecular complexity index is 396. The van der Waals surface area contributed by atoms with Crippen LogP contribution < -0.4 is 10.2 Å². The molecule has 3 nitrogen and oxygen atoms in total. The van der Waals surface area contributed by atoms with E-state index in [4.69, 9.17) is 0 Å². The minimum atomic E-state index is 0.167. The molecule has 1 aromatic rings. The smallest absolute Gasteiger partial charge is 0.0606 e. The third-order valence-corrected chi connectivity index (χ3v) is 3.89. The number of hydrogen-bond acceptors (Lipinski definition) is 3. The maximum absolute atomic E-state index is 9.18. The molecule has 108 valence electrons. The zero-order chi connectivity index (χ0) is 14.4. The van der Waals surface area contributed by atoms with Crippen LogP contribution in [0.15, 0.2) is 22.7 Å². The number of anilines is 1. The van der Waals surface area contributed by atoms with E-state index in [9.17, 15) is 5.11 Å². The largest absolute Gasteiger partial charge is 0.395 e. The lowest BCUT2D eigenvalue weighted by atomic mass is 10.1. The predicted octanol–water partition coefficient (Wildman–Crippen LogP) is 3.33. The fourth-order valence-electron chi connectivity index (χ4n) is 2.21. The summed E-state index contributed by atoms with van der Waals surface area (Å²) in [5.74, 6) is 0. The molecule has 0 amide bonds. The molecule has 1 unspecified atom stereocenters. The normalized spacial score (nSPS) is 12.8. The fourth-order valence-corrected chi connectivity index (χ4v) is 2.84. The molecule has 0 aliphatic carbocycles. The van der Waals surface area contributed by atoms with E-state index in [1.165, 1.54) is 5.56 Å². The zero-order valence-electron chi connectivity index (χ0n) is 12.3. The van der Waals surface area contributed by atoms with Crippen molar-refractivity contribution in [3.05, 3.63) is 28.2 Å². The Balaban J connectivity index is 2.98. The molecular weight excluding hydrogens is 304 g/mol. The van der Waals surface area contributed by atoms with Crippen LogP contribution in [0.3, 0.4) is 0 Å². The maximum Gasteiger partial charge on any atom is 0.0606 e. The summed E-state index contributed by atoms with van der Waals surface area (Å²) in [4.78, 5) is 2.20. The van der Waals surface area contributed by atoms with Gasteiger partial charge < -0.3 is 15.3 Å². The lowest BCUT2D eigenvalue weighted by molar-refractivity contribution is 0.299. The first-order valence-electron chi connectivity index (χ1n) is 6.91. The van der Waals surface area contributed by atoms with Crippen LogP contribution >= 0.6 is 15.9 Å². The van der Waals surface area contributed by atoms with Gasteiger partial charge in [0.05, 0.1) is 12.3 Å². The number of rotatable bonds is 7. The topological polar surface area (TPSA) is 35.5 Å². The van der Waals surface area contributed by atoms with Crippen LogP contribution in [-0.2, 0) is 0 Å². The molecule has 19 heavy (non-hydrogen) atoms. The Hall–Kier alpha value is -0.580. The number of hydrogen-bond donors (Lipinski definition) is 2. The van der Waals surface area contributed by atoms with E-state index < -0.39 is 0 Å². The van der Waals surface area contributed by atoms with E-state index in [2.05, 4.69) is 72.0 Å². The number of halogens is 1. The molecule has 1 rings (SSSR count). The number of aliphatic hydroxyl groups excluding tert-OH is 1. The SMILES string of the molecule is CCNC(C)c1ccc(N(CCO)C(C)C)c(Br)c1. The van der Waals surface area contributed by atoms with Crippen molar-refractivity contribution in [3.8, 4) is 0 Å². The number of aliphatic hydroxyl groups is 1. The first-order valence-corrected chi connectivity index (χ1v) is 7.70. The van der Waals surface area contributed by atoms with E-state index in [0.29, 0.717) is 18.6 Å². The third kappa shape index (κ3) is 4.48. The van der Waals surface area contributed by atoms with E-state index in [0.717, 1.165) is 16.7 Å². The Morgan fingerprint density at radius 2 is 2.00 bits per heavy atom. The molecule has 4 heteroatoms. The first kappa shape index (κ1) is 16.5. The molecule has 1 aromatic carbocycles. The second-order valence-corrected chi connectivity index (χ2v) is 5.86. The first-order chi connectivity index (χ1) is 9.01. The molecule has 0 fully saturated rings. The second-order valence-electron chi connectivity index (χ2n) is 5.00. The van der Waals surface area contributed by atoms with E-state index in [1.807, 2.05) is 0 Å². The summed E-state index contributed by atoms with van der Waals surface area (Å²) in [6, 6.07) is 7.15. The van der Waals surface area contributed by atoms with Crippen molar-refractivity contribution < 1.29 is 5.11 Å². The fraction of sp³-hybridized carbons (Fsp3) is 0.600. The maximum atomic E-state index is 9.18. The molecule has 0 spiro atoms. The molecule has 0 saturated carbocycles. The van der Waals surface area contributed by atoms with Crippen molar-refractivity contribution in [3.63, 3.8) is 0 Å². The van der Waals surface area contributed by atoms with Gasteiger partial charge in [0.1, 0.15) is 0 Å². The highest BCUT2D eigenvalue weighted by atomic mass is 79.9. The van der Waals surface area contributed by atoms with Crippen LogP contribution in [0.5, 0.6) is 0 Å². The van der Waals surface area contributed by atoms with Gasteiger partial charge >= 0.3 is 0 Å². The van der Waals surface area contributed by atoms with E-state index >= 15 is 0 Å². The Morgan fingerprint density at radius 1 is 1.32 bits per heavy atom. The quantitative estimate of drug-likeness (QED) is 0.805. The summed E-state index contributed by atoms with van der Waals surface area (Å²) >= 11 is 3.65. The van der Waals surface area contributed by atoms with Crippen molar-refractivity contribution in [2.45, 2.75) is 39.8 Å². The number of nitrogens with zero attached hydrogens (tertiary/aromatic N) is 1. The predicted molar refractivity (Wildman–Crippen MR) is 85.8 cm³/mol. The molecule has 0 heterocycles. The summed E-state index contributed by atoms with van der Waals surface area (Å²) in [5.41, 5.74) is 2.40. The van der Waals surface area contributed by atoms with Crippen LogP contribution in [0.25, 0.3) is 0 Å². The van der Waals surface area contributed by atoms with Crippen LogP contribution in [0.1, 0.15) is 39.3 Å². The minimum Gasteiger partial charge on any atom is -0.395 e. The number of benzene rings is 1. The summed E-state index contributed by atoms with van der Waals surface area (Å²) < 4.78 is 1.08. The highest BCUT2D eigenvalue weighted by molar-refractivity contribution is 9.10. The van der Waals surface area contributed by atoms with Crippen LogP contribution in [0, 0.1) is 0 Å². The molecular formula is C15H25BrN2O. The monoisotopic (exact) mass is 328 g/mol. The summed E-state index contributed by atoms with van der Waals surface area (Å²) in [7, 11) is 0.